The first-order valence-electron chi connectivity index (χ1n) is 8.26. The Kier molecular flexibility index (Phi) is 4.00. The molecule has 0 bridgehead atoms. The summed E-state index contributed by atoms with van der Waals surface area (Å²) < 4.78 is 1.88. The molecule has 23 heavy (non-hydrogen) atoms. The number of amides is 2. The van der Waals surface area contributed by atoms with Crippen LogP contribution < -0.4 is 0 Å². The quantitative estimate of drug-likeness (QED) is 0.791. The molecule has 0 aromatic carbocycles. The molecule has 3 heterocycles. The van der Waals surface area contributed by atoms with Crippen molar-refractivity contribution in [2.24, 2.45) is 0 Å². The smallest absolute Gasteiger partial charge is 0.242 e. The molecule has 8 heteroatoms. The van der Waals surface area contributed by atoms with E-state index < -0.39 is 0 Å². The fourth-order valence-corrected chi connectivity index (χ4v) is 4.24. The molecule has 0 unspecified atom stereocenters. The van der Waals surface area contributed by atoms with Crippen molar-refractivity contribution in [3.63, 3.8) is 0 Å². The molecule has 2 aliphatic heterocycles. The molecular formula is C15H21N5O2S. The maximum atomic E-state index is 12.5. The lowest BCUT2D eigenvalue weighted by Gasteiger charge is -2.26. The topological polar surface area (TPSA) is 71.3 Å². The Morgan fingerprint density at radius 3 is 2.96 bits per heavy atom. The molecule has 2 amide bonds. The maximum Gasteiger partial charge on any atom is 0.242 e. The molecule has 1 aromatic rings. The highest BCUT2D eigenvalue weighted by molar-refractivity contribution is 8.00. The summed E-state index contributed by atoms with van der Waals surface area (Å²) in [6.07, 6.45) is 6.47. The van der Waals surface area contributed by atoms with E-state index in [-0.39, 0.29) is 24.4 Å². The van der Waals surface area contributed by atoms with Gasteiger partial charge in [-0.05, 0) is 25.7 Å². The SMILES string of the molecule is O=C1CSCN1CC(=O)N1CCC[C@H]1Cn1cc(C2CC2)nn1. The summed E-state index contributed by atoms with van der Waals surface area (Å²) in [7, 11) is 0. The van der Waals surface area contributed by atoms with Crippen molar-refractivity contribution in [3.05, 3.63) is 11.9 Å². The molecule has 124 valence electrons. The summed E-state index contributed by atoms with van der Waals surface area (Å²) in [6.45, 7) is 1.70. The minimum absolute atomic E-state index is 0.0610. The Morgan fingerprint density at radius 1 is 1.35 bits per heavy atom. The van der Waals surface area contributed by atoms with Gasteiger partial charge in [-0.3, -0.25) is 14.3 Å². The molecule has 3 fully saturated rings. The summed E-state index contributed by atoms with van der Waals surface area (Å²) in [5.74, 6) is 1.87. The van der Waals surface area contributed by atoms with Gasteiger partial charge in [0.1, 0.15) is 6.54 Å². The van der Waals surface area contributed by atoms with E-state index in [1.807, 2.05) is 15.8 Å². The monoisotopic (exact) mass is 335 g/mol. The second-order valence-electron chi connectivity index (χ2n) is 6.59. The number of rotatable bonds is 5. The third kappa shape index (κ3) is 3.22. The fraction of sp³-hybridized carbons (Fsp3) is 0.733. The van der Waals surface area contributed by atoms with Gasteiger partial charge >= 0.3 is 0 Å². The van der Waals surface area contributed by atoms with Crippen LogP contribution in [0.3, 0.4) is 0 Å². The second-order valence-corrected chi connectivity index (χ2v) is 7.55. The summed E-state index contributed by atoms with van der Waals surface area (Å²) in [5, 5.41) is 8.45. The molecule has 7 nitrogen and oxygen atoms in total. The zero-order valence-electron chi connectivity index (χ0n) is 13.1. The normalized spacial score (nSPS) is 24.7. The highest BCUT2D eigenvalue weighted by Gasteiger charge is 2.33. The Labute approximate surface area is 139 Å². The molecule has 0 spiro atoms. The number of carbonyl (C=O) groups is 2. The van der Waals surface area contributed by atoms with Gasteiger partial charge < -0.3 is 9.80 Å². The van der Waals surface area contributed by atoms with Gasteiger partial charge in [-0.2, -0.15) is 0 Å². The van der Waals surface area contributed by atoms with Crippen LogP contribution in [-0.4, -0.2) is 67.4 Å². The van der Waals surface area contributed by atoms with Crippen molar-refractivity contribution in [1.29, 1.82) is 0 Å². The van der Waals surface area contributed by atoms with Crippen molar-refractivity contribution in [1.82, 2.24) is 24.8 Å². The van der Waals surface area contributed by atoms with Gasteiger partial charge in [0.2, 0.25) is 11.8 Å². The minimum atomic E-state index is 0.0610. The van der Waals surface area contributed by atoms with Crippen LogP contribution in [0.2, 0.25) is 0 Å². The van der Waals surface area contributed by atoms with Gasteiger partial charge in [0.25, 0.3) is 0 Å². The summed E-state index contributed by atoms with van der Waals surface area (Å²) >= 11 is 1.57. The number of hydrogen-bond donors (Lipinski definition) is 0. The molecule has 3 aliphatic rings. The number of thioether (sulfide) groups is 1. The van der Waals surface area contributed by atoms with Gasteiger partial charge in [0.15, 0.2) is 0 Å². The van der Waals surface area contributed by atoms with Crippen molar-refractivity contribution < 1.29 is 9.59 Å². The number of aromatic nitrogens is 3. The van der Waals surface area contributed by atoms with Crippen LogP contribution in [0, 0.1) is 0 Å². The predicted molar refractivity (Wildman–Crippen MR) is 85.8 cm³/mol. The first kappa shape index (κ1) is 15.0. The Morgan fingerprint density at radius 2 is 2.22 bits per heavy atom. The fourth-order valence-electron chi connectivity index (χ4n) is 3.33. The van der Waals surface area contributed by atoms with Crippen molar-refractivity contribution in [2.75, 3.05) is 24.7 Å². The molecular weight excluding hydrogens is 314 g/mol. The number of likely N-dealkylation sites (tertiary alicyclic amines) is 1. The zero-order valence-corrected chi connectivity index (χ0v) is 13.9. The van der Waals surface area contributed by atoms with Crippen LogP contribution in [0.1, 0.15) is 37.3 Å². The molecule has 1 atom stereocenters. The molecule has 0 N–H and O–H groups in total. The third-order valence-corrected chi connectivity index (χ3v) is 5.74. The molecule has 0 radical (unpaired) electrons. The minimum Gasteiger partial charge on any atom is -0.336 e. The van der Waals surface area contributed by atoms with Gasteiger partial charge in [-0.1, -0.05) is 5.21 Å². The zero-order chi connectivity index (χ0) is 15.8. The highest BCUT2D eigenvalue weighted by Crippen LogP contribution is 2.38. The van der Waals surface area contributed by atoms with E-state index in [9.17, 15) is 9.59 Å². The van der Waals surface area contributed by atoms with Crippen LogP contribution >= 0.6 is 11.8 Å². The van der Waals surface area contributed by atoms with Gasteiger partial charge in [0.05, 0.1) is 29.9 Å². The van der Waals surface area contributed by atoms with Crippen LogP contribution in [0.25, 0.3) is 0 Å². The summed E-state index contributed by atoms with van der Waals surface area (Å²) in [4.78, 5) is 27.8. The van der Waals surface area contributed by atoms with Gasteiger partial charge in [0, 0.05) is 18.7 Å². The number of nitrogens with zero attached hydrogens (tertiary/aromatic N) is 5. The molecule has 1 saturated carbocycles. The van der Waals surface area contributed by atoms with E-state index in [0.717, 1.165) is 25.1 Å². The van der Waals surface area contributed by atoms with E-state index in [2.05, 4.69) is 10.3 Å². The molecule has 1 aliphatic carbocycles. The largest absolute Gasteiger partial charge is 0.336 e. The van der Waals surface area contributed by atoms with Gasteiger partial charge in [-0.25, -0.2) is 0 Å². The van der Waals surface area contributed by atoms with Gasteiger partial charge in [-0.15, -0.1) is 16.9 Å². The van der Waals surface area contributed by atoms with Crippen LogP contribution in [0.5, 0.6) is 0 Å². The molecule has 4 rings (SSSR count). The highest BCUT2D eigenvalue weighted by atomic mass is 32.2. The van der Waals surface area contributed by atoms with Crippen molar-refractivity contribution >= 4 is 23.6 Å². The van der Waals surface area contributed by atoms with Crippen molar-refractivity contribution in [2.45, 2.75) is 44.2 Å². The van der Waals surface area contributed by atoms with Crippen LogP contribution in [0.15, 0.2) is 6.20 Å². The molecule has 1 aromatic heterocycles. The first-order valence-corrected chi connectivity index (χ1v) is 9.41. The molecule has 2 saturated heterocycles. The average Bonchev–Trinajstić information content (AvgIpc) is 2.93. The Hall–Kier alpha value is -1.57. The Bertz CT molecular complexity index is 615. The van der Waals surface area contributed by atoms with Crippen molar-refractivity contribution in [3.8, 4) is 0 Å². The lowest BCUT2D eigenvalue weighted by Crippen LogP contribution is -2.44. The number of carbonyl (C=O) groups excluding carboxylic acids is 2. The average molecular weight is 335 g/mol. The van der Waals surface area contributed by atoms with E-state index >= 15 is 0 Å². The summed E-state index contributed by atoms with van der Waals surface area (Å²) in [6, 6.07) is 0.168. The summed E-state index contributed by atoms with van der Waals surface area (Å²) in [5.41, 5.74) is 1.08. The van der Waals surface area contributed by atoms with E-state index in [0.29, 0.717) is 24.1 Å². The van der Waals surface area contributed by atoms with Crippen LogP contribution in [0.4, 0.5) is 0 Å². The second kappa shape index (κ2) is 6.14. The van der Waals surface area contributed by atoms with E-state index in [1.165, 1.54) is 12.8 Å². The van der Waals surface area contributed by atoms with E-state index in [4.69, 9.17) is 0 Å². The van der Waals surface area contributed by atoms with Crippen LogP contribution in [-0.2, 0) is 16.1 Å². The number of hydrogen-bond acceptors (Lipinski definition) is 5. The first-order chi connectivity index (χ1) is 11.2. The standard InChI is InChI=1S/C15H21N5O2S/c21-14(8-18-10-23-9-15(18)22)20-5-1-2-12(20)6-19-7-13(16-17-19)11-3-4-11/h7,11-12H,1-6,8-10H2/t12-/m0/s1. The Balaban J connectivity index is 1.37. The maximum absolute atomic E-state index is 12.5. The van der Waals surface area contributed by atoms with E-state index in [1.54, 1.807) is 16.7 Å². The lowest BCUT2D eigenvalue weighted by molar-refractivity contribution is -0.138. The third-order valence-electron chi connectivity index (χ3n) is 4.80. The lowest BCUT2D eigenvalue weighted by atomic mass is 10.2. The predicted octanol–water partition coefficient (Wildman–Crippen LogP) is 0.679.